The van der Waals surface area contributed by atoms with Gasteiger partial charge < -0.3 is 4.74 Å². The molecule has 0 saturated heterocycles. The predicted molar refractivity (Wildman–Crippen MR) is 75.6 cm³/mol. The molecule has 1 aliphatic carbocycles. The van der Waals surface area contributed by atoms with Crippen LogP contribution >= 0.6 is 11.3 Å². The molecule has 0 aliphatic heterocycles. The average molecular weight is 267 g/mol. The molecule has 1 N–H and O–H groups in total. The van der Waals surface area contributed by atoms with Crippen LogP contribution in [-0.2, 0) is 17.6 Å². The lowest BCUT2D eigenvalue weighted by Crippen LogP contribution is -2.27. The third kappa shape index (κ3) is 3.05. The zero-order valence-electron chi connectivity index (χ0n) is 11.6. The molecule has 1 heterocycles. The molecule has 100 valence electrons. The molecule has 0 saturated carbocycles. The monoisotopic (exact) mass is 267 g/mol. The number of carbonyl (C=O) groups is 1. The van der Waals surface area contributed by atoms with Crippen LogP contribution in [0.5, 0.6) is 0 Å². The topological polar surface area (TPSA) is 38.3 Å². The Labute approximate surface area is 113 Å². The molecule has 0 unspecified atom stereocenters. The Morgan fingerprint density at radius 2 is 1.94 bits per heavy atom. The Bertz CT molecular complexity index is 457. The van der Waals surface area contributed by atoms with Gasteiger partial charge >= 0.3 is 6.09 Å². The summed E-state index contributed by atoms with van der Waals surface area (Å²) in [6.45, 7) is 7.70. The molecule has 0 fully saturated rings. The van der Waals surface area contributed by atoms with E-state index in [-0.39, 0.29) is 6.09 Å². The molecular formula is C14H21NO2S. The van der Waals surface area contributed by atoms with Gasteiger partial charge in [0.2, 0.25) is 0 Å². The predicted octanol–water partition coefficient (Wildman–Crippen LogP) is 4.28. The van der Waals surface area contributed by atoms with Crippen LogP contribution in [0.1, 0.15) is 48.9 Å². The lowest BCUT2D eigenvalue weighted by Gasteiger charge is -2.20. The van der Waals surface area contributed by atoms with Gasteiger partial charge in [-0.3, -0.25) is 5.32 Å². The number of anilines is 1. The summed E-state index contributed by atoms with van der Waals surface area (Å²) in [5.41, 5.74) is 1.87. The van der Waals surface area contributed by atoms with Crippen LogP contribution in [-0.4, -0.2) is 11.7 Å². The van der Waals surface area contributed by atoms with E-state index in [1.165, 1.54) is 28.2 Å². The van der Waals surface area contributed by atoms with Crippen LogP contribution in [0.2, 0.25) is 0 Å². The first kappa shape index (κ1) is 13.4. The van der Waals surface area contributed by atoms with Crippen molar-refractivity contribution in [2.45, 2.75) is 59.0 Å². The fourth-order valence-corrected chi connectivity index (χ4v) is 3.49. The van der Waals surface area contributed by atoms with E-state index in [9.17, 15) is 4.79 Å². The number of aryl methyl sites for hydroxylation is 2. The molecule has 0 atom stereocenters. The molecule has 0 bridgehead atoms. The number of nitrogens with one attached hydrogen (secondary N) is 1. The summed E-state index contributed by atoms with van der Waals surface area (Å²) in [7, 11) is 0. The number of hydrogen-bond acceptors (Lipinski definition) is 3. The van der Waals surface area contributed by atoms with Crippen molar-refractivity contribution in [3.8, 4) is 0 Å². The summed E-state index contributed by atoms with van der Waals surface area (Å²) in [4.78, 5) is 14.5. The molecule has 18 heavy (non-hydrogen) atoms. The van der Waals surface area contributed by atoms with E-state index < -0.39 is 5.60 Å². The average Bonchev–Trinajstić information content (AvgIpc) is 2.53. The van der Waals surface area contributed by atoms with Crippen molar-refractivity contribution in [2.24, 2.45) is 0 Å². The minimum absolute atomic E-state index is 0.350. The van der Waals surface area contributed by atoms with Gasteiger partial charge in [0.05, 0.1) is 5.69 Å². The van der Waals surface area contributed by atoms with E-state index in [0.717, 1.165) is 18.5 Å². The number of ether oxygens (including phenoxy) is 1. The van der Waals surface area contributed by atoms with Gasteiger partial charge in [-0.2, -0.15) is 0 Å². The Hall–Kier alpha value is -1.03. The van der Waals surface area contributed by atoms with Gasteiger partial charge in [0.25, 0.3) is 0 Å². The zero-order valence-corrected chi connectivity index (χ0v) is 12.4. The minimum Gasteiger partial charge on any atom is -0.444 e. The van der Waals surface area contributed by atoms with Gasteiger partial charge in [-0.1, -0.05) is 0 Å². The molecule has 1 aromatic heterocycles. The van der Waals surface area contributed by atoms with Crippen molar-refractivity contribution < 1.29 is 9.53 Å². The second-order valence-corrected chi connectivity index (χ2v) is 7.08. The maximum absolute atomic E-state index is 11.8. The summed E-state index contributed by atoms with van der Waals surface area (Å²) >= 11 is 1.81. The quantitative estimate of drug-likeness (QED) is 0.824. The number of amides is 1. The summed E-state index contributed by atoms with van der Waals surface area (Å²) in [5.74, 6) is 0. The Morgan fingerprint density at radius 1 is 1.28 bits per heavy atom. The number of carbonyl (C=O) groups excluding carboxylic acids is 1. The first-order valence-electron chi connectivity index (χ1n) is 6.48. The fraction of sp³-hybridized carbons (Fsp3) is 0.643. The molecule has 1 amide bonds. The molecule has 3 nitrogen and oxygen atoms in total. The maximum atomic E-state index is 11.8. The van der Waals surface area contributed by atoms with Crippen LogP contribution < -0.4 is 5.32 Å². The van der Waals surface area contributed by atoms with E-state index in [0.29, 0.717) is 0 Å². The highest BCUT2D eigenvalue weighted by Crippen LogP contribution is 2.37. The fourth-order valence-electron chi connectivity index (χ4n) is 2.27. The van der Waals surface area contributed by atoms with Gasteiger partial charge in [-0.25, -0.2) is 4.79 Å². The van der Waals surface area contributed by atoms with Crippen molar-refractivity contribution in [3.05, 3.63) is 15.3 Å². The highest BCUT2D eigenvalue weighted by atomic mass is 32.1. The molecule has 0 aromatic carbocycles. The van der Waals surface area contributed by atoms with Crippen LogP contribution in [0.4, 0.5) is 10.5 Å². The van der Waals surface area contributed by atoms with E-state index in [1.807, 2.05) is 20.8 Å². The van der Waals surface area contributed by atoms with Gasteiger partial charge in [0.15, 0.2) is 0 Å². The molecule has 1 aromatic rings. The minimum atomic E-state index is -0.450. The summed E-state index contributed by atoms with van der Waals surface area (Å²) < 4.78 is 5.31. The Morgan fingerprint density at radius 3 is 2.61 bits per heavy atom. The second kappa shape index (κ2) is 4.92. The molecule has 0 radical (unpaired) electrons. The highest BCUT2D eigenvalue weighted by Gasteiger charge is 2.22. The van der Waals surface area contributed by atoms with Crippen molar-refractivity contribution in [1.82, 2.24) is 0 Å². The number of thiophene rings is 1. The molecular weight excluding hydrogens is 246 g/mol. The van der Waals surface area contributed by atoms with Gasteiger partial charge in [0.1, 0.15) is 5.60 Å². The van der Waals surface area contributed by atoms with Crippen LogP contribution in [0, 0.1) is 6.92 Å². The van der Waals surface area contributed by atoms with E-state index in [4.69, 9.17) is 4.74 Å². The van der Waals surface area contributed by atoms with Gasteiger partial charge in [-0.05, 0) is 58.9 Å². The van der Waals surface area contributed by atoms with Crippen molar-refractivity contribution >= 4 is 23.1 Å². The third-order valence-corrected chi connectivity index (χ3v) is 4.18. The van der Waals surface area contributed by atoms with E-state index in [1.54, 1.807) is 11.3 Å². The molecule has 4 heteroatoms. The first-order chi connectivity index (χ1) is 8.37. The molecule has 2 rings (SSSR count). The zero-order chi connectivity index (χ0) is 13.3. The van der Waals surface area contributed by atoms with Crippen molar-refractivity contribution in [3.63, 3.8) is 0 Å². The lowest BCUT2D eigenvalue weighted by molar-refractivity contribution is 0.0635. The van der Waals surface area contributed by atoms with Gasteiger partial charge in [0, 0.05) is 9.75 Å². The number of fused-ring (bicyclic) bond motifs is 1. The van der Waals surface area contributed by atoms with Crippen molar-refractivity contribution in [1.29, 1.82) is 0 Å². The van der Waals surface area contributed by atoms with Gasteiger partial charge in [-0.15, -0.1) is 11.3 Å². The first-order valence-corrected chi connectivity index (χ1v) is 7.29. The summed E-state index contributed by atoms with van der Waals surface area (Å²) in [5, 5.41) is 2.92. The lowest BCUT2D eigenvalue weighted by atomic mass is 9.97. The Kier molecular flexibility index (Phi) is 3.66. The third-order valence-electron chi connectivity index (χ3n) is 2.97. The van der Waals surface area contributed by atoms with E-state index in [2.05, 4.69) is 12.2 Å². The SMILES string of the molecule is Cc1sc2c(c1NC(=O)OC(C)(C)C)CCCC2. The molecule has 0 spiro atoms. The smallest absolute Gasteiger partial charge is 0.412 e. The van der Waals surface area contributed by atoms with E-state index >= 15 is 0 Å². The number of rotatable bonds is 1. The second-order valence-electron chi connectivity index (χ2n) is 5.77. The summed E-state index contributed by atoms with van der Waals surface area (Å²) in [6.07, 6.45) is 4.35. The van der Waals surface area contributed by atoms with Crippen LogP contribution in [0.25, 0.3) is 0 Å². The number of hydrogen-bond donors (Lipinski definition) is 1. The summed E-state index contributed by atoms with van der Waals surface area (Å²) in [6, 6.07) is 0. The largest absolute Gasteiger partial charge is 0.444 e. The molecule has 1 aliphatic rings. The van der Waals surface area contributed by atoms with Crippen LogP contribution in [0.15, 0.2) is 0 Å². The normalized spacial score (nSPS) is 15.1. The van der Waals surface area contributed by atoms with Crippen molar-refractivity contribution in [2.75, 3.05) is 5.32 Å². The maximum Gasteiger partial charge on any atom is 0.412 e. The Balaban J connectivity index is 2.14. The highest BCUT2D eigenvalue weighted by molar-refractivity contribution is 7.12. The van der Waals surface area contributed by atoms with Crippen LogP contribution in [0.3, 0.4) is 0 Å². The standard InChI is InChI=1S/C14H21NO2S/c1-9-12(15-13(16)17-14(2,3)4)10-7-5-6-8-11(10)18-9/h5-8H2,1-4H3,(H,15,16).